The van der Waals surface area contributed by atoms with Crippen LogP contribution in [0, 0.1) is 0 Å². The molecule has 1 heterocycles. The van der Waals surface area contributed by atoms with E-state index >= 15 is 0 Å². The third-order valence-corrected chi connectivity index (χ3v) is 5.15. The number of amides is 1. The first-order valence-corrected chi connectivity index (χ1v) is 10.2. The molecule has 7 heteroatoms. The number of rotatable bonds is 8. The smallest absolute Gasteiger partial charge is 0.225 e. The normalized spacial score (nSPS) is 15.8. The van der Waals surface area contributed by atoms with Crippen LogP contribution in [0.5, 0.6) is 0 Å². The fourth-order valence-corrected chi connectivity index (χ4v) is 3.65. The van der Waals surface area contributed by atoms with E-state index in [0.29, 0.717) is 13.0 Å². The fourth-order valence-electron chi connectivity index (χ4n) is 3.65. The SMILES string of the molecule is CN=C(NCCCN(C)Cc1ccccc1)NCC1CC(=O)Nc2ccccc21.I. The zero-order valence-electron chi connectivity index (χ0n) is 17.7. The van der Waals surface area contributed by atoms with Gasteiger partial charge in [0.2, 0.25) is 5.91 Å². The van der Waals surface area contributed by atoms with Crippen molar-refractivity contribution < 1.29 is 4.79 Å². The van der Waals surface area contributed by atoms with Gasteiger partial charge in [0.25, 0.3) is 0 Å². The van der Waals surface area contributed by atoms with E-state index in [9.17, 15) is 4.79 Å². The summed E-state index contributed by atoms with van der Waals surface area (Å²) in [4.78, 5) is 18.6. The number of hydrogen-bond acceptors (Lipinski definition) is 3. The van der Waals surface area contributed by atoms with Gasteiger partial charge < -0.3 is 20.9 Å². The lowest BCUT2D eigenvalue weighted by Crippen LogP contribution is -2.41. The van der Waals surface area contributed by atoms with Crippen LogP contribution >= 0.6 is 24.0 Å². The summed E-state index contributed by atoms with van der Waals surface area (Å²) in [5.41, 5.74) is 3.43. The molecule has 0 radical (unpaired) electrons. The van der Waals surface area contributed by atoms with E-state index in [-0.39, 0.29) is 35.8 Å². The third kappa shape index (κ3) is 7.28. The van der Waals surface area contributed by atoms with Crippen molar-refractivity contribution >= 4 is 41.5 Å². The maximum Gasteiger partial charge on any atom is 0.225 e. The molecular formula is C23H32IN5O. The molecular weight excluding hydrogens is 489 g/mol. The van der Waals surface area contributed by atoms with Crippen molar-refractivity contribution in [3.63, 3.8) is 0 Å². The van der Waals surface area contributed by atoms with Crippen molar-refractivity contribution in [1.82, 2.24) is 15.5 Å². The summed E-state index contributed by atoms with van der Waals surface area (Å²) in [6.07, 6.45) is 1.52. The lowest BCUT2D eigenvalue weighted by molar-refractivity contribution is -0.116. The summed E-state index contributed by atoms with van der Waals surface area (Å²) < 4.78 is 0. The van der Waals surface area contributed by atoms with Crippen LogP contribution in [0.15, 0.2) is 59.6 Å². The summed E-state index contributed by atoms with van der Waals surface area (Å²) in [7, 11) is 3.92. The van der Waals surface area contributed by atoms with Gasteiger partial charge in [-0.15, -0.1) is 24.0 Å². The predicted octanol–water partition coefficient (Wildman–Crippen LogP) is 3.42. The highest BCUT2D eigenvalue weighted by Crippen LogP contribution is 2.31. The molecule has 2 aromatic carbocycles. The van der Waals surface area contributed by atoms with Crippen LogP contribution in [0.4, 0.5) is 5.69 Å². The summed E-state index contributed by atoms with van der Waals surface area (Å²) in [6.45, 7) is 3.49. The lowest BCUT2D eigenvalue weighted by atomic mass is 9.90. The standard InChI is InChI=1S/C23H31N5O.HI/c1-24-23(25-13-8-14-28(2)17-18-9-4-3-5-10-18)26-16-19-15-22(29)27-21-12-7-6-11-20(19)21;/h3-7,9-12,19H,8,13-17H2,1-2H3,(H,27,29)(H2,24,25,26);1H. The Kier molecular flexibility index (Phi) is 10.1. The van der Waals surface area contributed by atoms with E-state index in [2.05, 4.69) is 63.2 Å². The molecule has 0 aromatic heterocycles. The van der Waals surface area contributed by atoms with Crippen molar-refractivity contribution in [2.75, 3.05) is 39.0 Å². The lowest BCUT2D eigenvalue weighted by Gasteiger charge is -2.26. The fraction of sp³-hybridized carbons (Fsp3) is 0.391. The molecule has 6 nitrogen and oxygen atoms in total. The first-order valence-electron chi connectivity index (χ1n) is 10.2. The quantitative estimate of drug-likeness (QED) is 0.216. The van der Waals surface area contributed by atoms with Gasteiger partial charge in [0.05, 0.1) is 0 Å². The van der Waals surface area contributed by atoms with Gasteiger partial charge in [-0.05, 0) is 37.2 Å². The van der Waals surface area contributed by atoms with Crippen molar-refractivity contribution in [3.05, 3.63) is 65.7 Å². The van der Waals surface area contributed by atoms with Gasteiger partial charge in [-0.25, -0.2) is 0 Å². The Labute approximate surface area is 196 Å². The summed E-state index contributed by atoms with van der Waals surface area (Å²) in [6, 6.07) is 18.5. The van der Waals surface area contributed by atoms with Crippen LogP contribution in [0.25, 0.3) is 0 Å². The molecule has 0 saturated heterocycles. The topological polar surface area (TPSA) is 68.8 Å². The maximum atomic E-state index is 12.0. The first kappa shape index (κ1) is 24.1. The van der Waals surface area contributed by atoms with Crippen LogP contribution in [-0.2, 0) is 11.3 Å². The Morgan fingerprint density at radius 1 is 1.13 bits per heavy atom. The third-order valence-electron chi connectivity index (χ3n) is 5.15. The molecule has 162 valence electrons. The summed E-state index contributed by atoms with van der Waals surface area (Å²) in [5.74, 6) is 0.995. The number of anilines is 1. The number of fused-ring (bicyclic) bond motifs is 1. The van der Waals surface area contributed by atoms with E-state index < -0.39 is 0 Å². The number of aliphatic imine (C=N–C) groups is 1. The van der Waals surface area contributed by atoms with E-state index in [1.807, 2.05) is 24.3 Å². The monoisotopic (exact) mass is 521 g/mol. The molecule has 3 N–H and O–H groups in total. The van der Waals surface area contributed by atoms with Gasteiger partial charge in [-0.2, -0.15) is 0 Å². The van der Waals surface area contributed by atoms with Crippen LogP contribution in [0.2, 0.25) is 0 Å². The molecule has 1 aliphatic heterocycles. The minimum absolute atomic E-state index is 0. The Morgan fingerprint density at radius 2 is 1.87 bits per heavy atom. The number of halogens is 1. The summed E-state index contributed by atoms with van der Waals surface area (Å²) >= 11 is 0. The van der Waals surface area contributed by atoms with Crippen LogP contribution < -0.4 is 16.0 Å². The second-order valence-corrected chi connectivity index (χ2v) is 7.49. The average molecular weight is 521 g/mol. The van der Waals surface area contributed by atoms with Crippen LogP contribution in [0.3, 0.4) is 0 Å². The van der Waals surface area contributed by atoms with Gasteiger partial charge in [0.1, 0.15) is 0 Å². The number of carbonyl (C=O) groups is 1. The Balaban J connectivity index is 0.00000320. The number of guanidine groups is 1. The maximum absolute atomic E-state index is 12.0. The second-order valence-electron chi connectivity index (χ2n) is 7.49. The molecule has 2 aromatic rings. The van der Waals surface area contributed by atoms with Gasteiger partial charge in [0.15, 0.2) is 5.96 Å². The number of carbonyl (C=O) groups excluding carboxylic acids is 1. The van der Waals surface area contributed by atoms with Crippen molar-refractivity contribution in [3.8, 4) is 0 Å². The predicted molar refractivity (Wildman–Crippen MR) is 135 cm³/mol. The summed E-state index contributed by atoms with van der Waals surface area (Å²) in [5, 5.41) is 9.69. The van der Waals surface area contributed by atoms with Crippen LogP contribution in [0.1, 0.15) is 29.9 Å². The number of nitrogens with one attached hydrogen (secondary N) is 3. The Morgan fingerprint density at radius 3 is 2.63 bits per heavy atom. The van der Waals surface area contributed by atoms with E-state index in [1.54, 1.807) is 7.05 Å². The largest absolute Gasteiger partial charge is 0.356 e. The zero-order chi connectivity index (χ0) is 20.5. The zero-order valence-corrected chi connectivity index (χ0v) is 20.1. The highest BCUT2D eigenvalue weighted by molar-refractivity contribution is 14.0. The van der Waals surface area contributed by atoms with E-state index in [1.165, 1.54) is 11.1 Å². The van der Waals surface area contributed by atoms with Gasteiger partial charge in [-0.3, -0.25) is 9.79 Å². The molecule has 3 rings (SSSR count). The molecule has 1 amide bonds. The second kappa shape index (κ2) is 12.5. The van der Waals surface area contributed by atoms with Crippen molar-refractivity contribution in [2.24, 2.45) is 4.99 Å². The molecule has 0 bridgehead atoms. The van der Waals surface area contributed by atoms with Gasteiger partial charge in [-0.1, -0.05) is 48.5 Å². The van der Waals surface area contributed by atoms with E-state index in [0.717, 1.165) is 37.7 Å². The van der Waals surface area contributed by atoms with Gasteiger partial charge in [0, 0.05) is 44.7 Å². The molecule has 1 atom stereocenters. The number of nitrogens with zero attached hydrogens (tertiary/aromatic N) is 2. The van der Waals surface area contributed by atoms with E-state index in [4.69, 9.17) is 0 Å². The highest BCUT2D eigenvalue weighted by Gasteiger charge is 2.24. The molecule has 30 heavy (non-hydrogen) atoms. The average Bonchev–Trinajstić information content (AvgIpc) is 2.73. The van der Waals surface area contributed by atoms with Gasteiger partial charge >= 0.3 is 0 Å². The molecule has 1 aliphatic rings. The van der Waals surface area contributed by atoms with Crippen molar-refractivity contribution in [1.29, 1.82) is 0 Å². The molecule has 0 aliphatic carbocycles. The minimum atomic E-state index is 0. The number of benzene rings is 2. The van der Waals surface area contributed by atoms with Crippen LogP contribution in [-0.4, -0.2) is 50.5 Å². The Hall–Kier alpha value is -2.13. The molecule has 0 saturated carbocycles. The minimum Gasteiger partial charge on any atom is -0.356 e. The number of para-hydroxylation sites is 1. The van der Waals surface area contributed by atoms with Crippen molar-refractivity contribution in [2.45, 2.75) is 25.3 Å². The first-order chi connectivity index (χ1) is 14.2. The molecule has 0 fully saturated rings. The highest BCUT2D eigenvalue weighted by atomic mass is 127. The molecule has 0 spiro atoms. The number of hydrogen-bond donors (Lipinski definition) is 3. The molecule has 1 unspecified atom stereocenters. The Bertz CT molecular complexity index is 827.